The largest absolute Gasteiger partial charge is 0.337 e. The number of fused-ring (bicyclic) bond motifs is 2. The summed E-state index contributed by atoms with van der Waals surface area (Å²) in [6.07, 6.45) is 1.17. The van der Waals surface area contributed by atoms with Gasteiger partial charge in [0.05, 0.1) is 17.6 Å². The van der Waals surface area contributed by atoms with Crippen LogP contribution in [0.5, 0.6) is 0 Å². The molecule has 2 fully saturated rings. The average molecular weight is 622 g/mol. The van der Waals surface area contributed by atoms with Crippen molar-refractivity contribution in [2.24, 2.45) is 11.7 Å². The van der Waals surface area contributed by atoms with Crippen LogP contribution in [-0.4, -0.2) is 70.1 Å². The predicted octanol–water partition coefficient (Wildman–Crippen LogP) is 4.56. The summed E-state index contributed by atoms with van der Waals surface area (Å²) < 4.78 is 83.7. The van der Waals surface area contributed by atoms with Gasteiger partial charge in [-0.1, -0.05) is 0 Å². The lowest BCUT2D eigenvalue weighted by Crippen LogP contribution is -2.45. The highest BCUT2D eigenvalue weighted by Gasteiger charge is 2.31. The van der Waals surface area contributed by atoms with E-state index < -0.39 is 34.7 Å². The maximum atomic E-state index is 14.4. The molecule has 0 bridgehead atoms. The molecule has 1 aliphatic carbocycles. The second-order valence-corrected chi connectivity index (χ2v) is 13.2. The van der Waals surface area contributed by atoms with Crippen molar-refractivity contribution in [3.05, 3.63) is 47.3 Å². The Bertz CT molecular complexity index is 1830. The molecule has 230 valence electrons. The lowest BCUT2D eigenvalue weighted by atomic mass is 10.1. The van der Waals surface area contributed by atoms with Crippen LogP contribution < -0.4 is 10.0 Å². The number of carbonyl (C=O) groups is 1. The summed E-state index contributed by atoms with van der Waals surface area (Å²) in [6, 6.07) is 6.94. The van der Waals surface area contributed by atoms with E-state index in [0.29, 0.717) is 48.4 Å². The smallest absolute Gasteiger partial charge is 0.329 e. The highest BCUT2D eigenvalue weighted by molar-refractivity contribution is 7.92. The number of pyridine rings is 2. The Balaban J connectivity index is 1.51. The zero-order valence-corrected chi connectivity index (χ0v) is 24.4. The molecule has 0 unspecified atom stereocenters. The lowest BCUT2D eigenvalue weighted by molar-refractivity contribution is 0.0708. The van der Waals surface area contributed by atoms with Gasteiger partial charge < -0.3 is 15.2 Å². The first-order valence-corrected chi connectivity index (χ1v) is 15.8. The number of rotatable bonds is 8. The Hall–Kier alpha value is -3.72. The molecule has 1 atom stereocenters. The van der Waals surface area contributed by atoms with Crippen molar-refractivity contribution in [3.8, 4) is 11.4 Å². The number of hydrogen-bond acceptors (Lipinski definition) is 6. The van der Waals surface area contributed by atoms with E-state index in [0.717, 1.165) is 25.7 Å². The number of alkyl halides is 4. The van der Waals surface area contributed by atoms with Gasteiger partial charge in [-0.15, -0.1) is 0 Å². The van der Waals surface area contributed by atoms with E-state index in [1.54, 1.807) is 22.5 Å². The van der Waals surface area contributed by atoms with Gasteiger partial charge in [0.1, 0.15) is 22.8 Å². The number of piperidine rings is 1. The Kier molecular flexibility index (Phi) is 7.35. The Morgan fingerprint density at radius 2 is 1.86 bits per heavy atom. The van der Waals surface area contributed by atoms with Gasteiger partial charge in [-0.05, 0) is 68.9 Å². The topological polar surface area (TPSA) is 119 Å². The number of nitrogens with zero attached hydrogens (tertiary/aromatic N) is 6. The van der Waals surface area contributed by atoms with Crippen LogP contribution in [0, 0.1) is 12.8 Å². The summed E-state index contributed by atoms with van der Waals surface area (Å²) in [5, 5.41) is 0.546. The third-order valence-electron chi connectivity index (χ3n) is 8.07. The predicted molar refractivity (Wildman–Crippen MR) is 153 cm³/mol. The van der Waals surface area contributed by atoms with Crippen LogP contribution in [0.2, 0.25) is 0 Å². The fraction of sp³-hybridized carbons (Fsp3) is 0.464. The van der Waals surface area contributed by atoms with Crippen molar-refractivity contribution in [2.75, 3.05) is 23.7 Å². The average Bonchev–Trinajstić information content (AvgIpc) is 3.61. The molecule has 0 spiro atoms. The van der Waals surface area contributed by atoms with E-state index in [-0.39, 0.29) is 38.8 Å². The molecule has 1 saturated carbocycles. The first-order valence-electron chi connectivity index (χ1n) is 14.0. The number of nitrogens with two attached hydrogens (primary N) is 1. The number of hydrogen-bond donors (Lipinski definition) is 1. The number of aromatic nitrogens is 4. The highest BCUT2D eigenvalue weighted by Crippen LogP contribution is 2.38. The van der Waals surface area contributed by atoms with Crippen molar-refractivity contribution in [3.63, 3.8) is 0 Å². The van der Waals surface area contributed by atoms with Crippen LogP contribution in [0.3, 0.4) is 0 Å². The summed E-state index contributed by atoms with van der Waals surface area (Å²) in [7, 11) is -4.33. The van der Waals surface area contributed by atoms with E-state index in [9.17, 15) is 30.8 Å². The van der Waals surface area contributed by atoms with E-state index in [4.69, 9.17) is 10.7 Å². The molecule has 6 rings (SSSR count). The number of halogens is 4. The van der Waals surface area contributed by atoms with E-state index in [1.807, 2.05) is 0 Å². The van der Waals surface area contributed by atoms with Crippen LogP contribution in [0.25, 0.3) is 28.1 Å². The number of aryl methyl sites for hydroxylation is 1. The van der Waals surface area contributed by atoms with Crippen LogP contribution in [-0.2, 0) is 16.6 Å². The molecule has 1 amide bonds. The van der Waals surface area contributed by atoms with Gasteiger partial charge in [-0.3, -0.25) is 9.20 Å². The molecule has 15 heteroatoms. The summed E-state index contributed by atoms with van der Waals surface area (Å²) in [6.45, 7) is -0.412. The lowest BCUT2D eigenvalue weighted by Gasteiger charge is -2.31. The fourth-order valence-corrected chi connectivity index (χ4v) is 6.58. The molecule has 5 heterocycles. The third-order valence-corrected chi connectivity index (χ3v) is 9.13. The summed E-state index contributed by atoms with van der Waals surface area (Å²) in [5.74, 6) is -0.537. The van der Waals surface area contributed by atoms with Crippen molar-refractivity contribution in [1.29, 1.82) is 0 Å². The monoisotopic (exact) mass is 621 g/mol. The molecule has 2 N–H and O–H groups in total. The first-order chi connectivity index (χ1) is 20.3. The standard InChI is InChI=1S/C28H31F4N7O3S/c1-15-24(34-23-12-18(11-21(25(29)30)38(15)23)27(40)36-9-3-4-19(33)14-36)20-10-17-7-8-22(39(28(31)32)43(2,41)42)35-26(17)37(20)13-16-5-6-16/h7-8,10-12,16,19,25,28H,3-6,9,13-14,33H2,1-2H3/t19-/m1/s1. The van der Waals surface area contributed by atoms with Crippen LogP contribution in [0.4, 0.5) is 23.4 Å². The highest BCUT2D eigenvalue weighted by atomic mass is 32.2. The second kappa shape index (κ2) is 10.8. The summed E-state index contributed by atoms with van der Waals surface area (Å²) >= 11 is 0. The number of anilines is 1. The fourth-order valence-electron chi connectivity index (χ4n) is 5.85. The molecule has 10 nitrogen and oxygen atoms in total. The minimum absolute atomic E-state index is 0.0423. The molecule has 0 radical (unpaired) electrons. The zero-order chi connectivity index (χ0) is 30.8. The van der Waals surface area contributed by atoms with Crippen molar-refractivity contribution < 1.29 is 30.8 Å². The number of likely N-dealkylation sites (tertiary alicyclic amines) is 1. The molecular formula is C28H31F4N7O3S. The second-order valence-electron chi connectivity index (χ2n) is 11.4. The first kappa shape index (κ1) is 29.4. The molecule has 4 aromatic heterocycles. The van der Waals surface area contributed by atoms with E-state index >= 15 is 0 Å². The molecule has 1 aliphatic heterocycles. The molecular weight excluding hydrogens is 590 g/mol. The van der Waals surface area contributed by atoms with Gasteiger partial charge >= 0.3 is 6.55 Å². The molecule has 43 heavy (non-hydrogen) atoms. The van der Waals surface area contributed by atoms with Crippen molar-refractivity contribution >= 4 is 38.4 Å². The SMILES string of the molecule is Cc1c(-c2cc3ccc(N(C(F)F)S(C)(=O)=O)nc3n2CC2CC2)nc2cc(C(=O)N3CCC[C@@H](N)C3)cc(C(F)F)n12. The number of carbonyl (C=O) groups excluding carboxylic acids is 1. The van der Waals surface area contributed by atoms with E-state index in [2.05, 4.69) is 4.98 Å². The van der Waals surface area contributed by atoms with Crippen LogP contribution in [0.1, 0.15) is 53.9 Å². The Morgan fingerprint density at radius 3 is 2.49 bits per heavy atom. The number of imidazole rings is 1. The minimum Gasteiger partial charge on any atom is -0.337 e. The maximum absolute atomic E-state index is 14.4. The van der Waals surface area contributed by atoms with Gasteiger partial charge in [0.25, 0.3) is 12.3 Å². The summed E-state index contributed by atoms with van der Waals surface area (Å²) in [4.78, 5) is 23.9. The maximum Gasteiger partial charge on any atom is 0.329 e. The Morgan fingerprint density at radius 1 is 1.12 bits per heavy atom. The number of amides is 1. The van der Waals surface area contributed by atoms with Gasteiger partial charge in [0.15, 0.2) is 0 Å². The molecule has 4 aromatic rings. The van der Waals surface area contributed by atoms with Crippen LogP contribution >= 0.6 is 0 Å². The molecule has 1 saturated heterocycles. The minimum atomic E-state index is -4.33. The van der Waals surface area contributed by atoms with E-state index in [1.165, 1.54) is 28.7 Å². The quantitative estimate of drug-likeness (QED) is 0.228. The van der Waals surface area contributed by atoms with Gasteiger partial charge in [0.2, 0.25) is 10.0 Å². The van der Waals surface area contributed by atoms with Gasteiger partial charge in [0, 0.05) is 42.3 Å². The van der Waals surface area contributed by atoms with Crippen molar-refractivity contribution in [1.82, 2.24) is 23.8 Å². The van der Waals surface area contributed by atoms with Gasteiger partial charge in [-0.25, -0.2) is 27.2 Å². The number of sulfonamides is 1. The zero-order valence-electron chi connectivity index (χ0n) is 23.6. The van der Waals surface area contributed by atoms with Crippen LogP contribution in [0.15, 0.2) is 30.3 Å². The van der Waals surface area contributed by atoms with Gasteiger partial charge in [-0.2, -0.15) is 13.1 Å². The molecule has 0 aromatic carbocycles. The Labute approximate surface area is 245 Å². The summed E-state index contributed by atoms with van der Waals surface area (Å²) in [5.41, 5.74) is 7.45. The molecule has 2 aliphatic rings. The normalized spacial score (nSPS) is 18.0. The third kappa shape index (κ3) is 5.44. The van der Waals surface area contributed by atoms with Crippen molar-refractivity contribution in [2.45, 2.75) is 58.2 Å².